The van der Waals surface area contributed by atoms with Gasteiger partial charge in [0.2, 0.25) is 17.8 Å². The predicted octanol–water partition coefficient (Wildman–Crippen LogP) is 0.129. The highest BCUT2D eigenvalue weighted by atomic mass is 16.5. The smallest absolute Gasteiger partial charge is 0.328 e. The summed E-state index contributed by atoms with van der Waals surface area (Å²) in [4.78, 5) is 25.5. The minimum atomic E-state index is -0.540. The number of hydrogen-bond donors (Lipinski definition) is 2. The number of esters is 1. The molecule has 0 aliphatic heterocycles. The Morgan fingerprint density at radius 3 is 2.42 bits per heavy atom. The number of carbonyl (C=O) groups excluding carboxylic acids is 1. The van der Waals surface area contributed by atoms with Crippen LogP contribution in [0.1, 0.15) is 13.8 Å². The van der Waals surface area contributed by atoms with Crippen LogP contribution in [0, 0.1) is 5.92 Å². The van der Waals surface area contributed by atoms with Crippen LogP contribution < -0.4 is 16.0 Å². The van der Waals surface area contributed by atoms with Crippen LogP contribution in [0.4, 0.5) is 17.8 Å². The quantitative estimate of drug-likeness (QED) is 0.726. The van der Waals surface area contributed by atoms with E-state index < -0.39 is 6.04 Å². The number of nitrogen functional groups attached to an aromatic ring is 1. The molecule has 0 radical (unpaired) electrons. The average Bonchev–Trinajstić information content (AvgIpc) is 2.34. The number of methoxy groups -OCH3 is 1. The highest BCUT2D eigenvalue weighted by Gasteiger charge is 2.24. The monoisotopic (exact) mass is 268 g/mol. The number of carbonyl (C=O) groups is 1. The fraction of sp³-hybridized carbons (Fsp3) is 0.636. The summed E-state index contributed by atoms with van der Waals surface area (Å²) in [5, 5.41) is 2.92. The lowest BCUT2D eigenvalue weighted by atomic mass is 10.1. The Labute approximate surface area is 112 Å². The molecule has 1 atom stereocenters. The molecule has 8 nitrogen and oxygen atoms in total. The van der Waals surface area contributed by atoms with Crippen LogP contribution in [-0.4, -0.2) is 48.2 Å². The number of anilines is 3. The molecule has 1 unspecified atom stereocenters. The molecule has 0 aliphatic rings. The third kappa shape index (κ3) is 3.94. The van der Waals surface area contributed by atoms with E-state index in [-0.39, 0.29) is 23.8 Å². The second-order valence-corrected chi connectivity index (χ2v) is 4.60. The van der Waals surface area contributed by atoms with E-state index in [0.717, 1.165) is 0 Å². The predicted molar refractivity (Wildman–Crippen MR) is 72.8 cm³/mol. The molecule has 106 valence electrons. The number of hydrogen-bond acceptors (Lipinski definition) is 8. The van der Waals surface area contributed by atoms with E-state index in [9.17, 15) is 4.79 Å². The van der Waals surface area contributed by atoms with Gasteiger partial charge in [-0.15, -0.1) is 0 Å². The van der Waals surface area contributed by atoms with Gasteiger partial charge in [0.1, 0.15) is 6.04 Å². The van der Waals surface area contributed by atoms with E-state index in [4.69, 9.17) is 10.5 Å². The molecule has 0 spiro atoms. The van der Waals surface area contributed by atoms with Crippen LogP contribution in [0.5, 0.6) is 0 Å². The van der Waals surface area contributed by atoms with Crippen molar-refractivity contribution in [2.45, 2.75) is 19.9 Å². The standard InChI is InChI=1S/C11H20N6O2/c1-6(2)7(8(18)19-5)13-10-14-9(12)15-11(16-10)17(3)4/h6-7H,1-5H3,(H3,12,13,14,15,16). The average molecular weight is 268 g/mol. The van der Waals surface area contributed by atoms with Gasteiger partial charge in [-0.05, 0) is 5.92 Å². The summed E-state index contributed by atoms with van der Waals surface area (Å²) in [6.07, 6.45) is 0. The Morgan fingerprint density at radius 1 is 1.32 bits per heavy atom. The largest absolute Gasteiger partial charge is 0.467 e. The number of ether oxygens (including phenoxy) is 1. The van der Waals surface area contributed by atoms with Crippen LogP contribution in [0.2, 0.25) is 0 Å². The fourth-order valence-corrected chi connectivity index (χ4v) is 1.41. The minimum Gasteiger partial charge on any atom is -0.467 e. The van der Waals surface area contributed by atoms with Gasteiger partial charge in [0, 0.05) is 14.1 Å². The third-order valence-corrected chi connectivity index (χ3v) is 2.45. The SMILES string of the molecule is COC(=O)C(Nc1nc(N)nc(N(C)C)n1)C(C)C. The van der Waals surface area contributed by atoms with Gasteiger partial charge in [-0.2, -0.15) is 15.0 Å². The molecule has 1 heterocycles. The van der Waals surface area contributed by atoms with Crippen LogP contribution in [0.3, 0.4) is 0 Å². The molecule has 0 saturated carbocycles. The van der Waals surface area contributed by atoms with Gasteiger partial charge in [0.15, 0.2) is 0 Å². The first kappa shape index (κ1) is 14.9. The van der Waals surface area contributed by atoms with Crippen molar-refractivity contribution >= 4 is 23.8 Å². The highest BCUT2D eigenvalue weighted by Crippen LogP contribution is 2.13. The normalized spacial score (nSPS) is 12.1. The molecule has 3 N–H and O–H groups in total. The molecule has 0 aromatic carbocycles. The minimum absolute atomic E-state index is 0.0215. The summed E-state index contributed by atoms with van der Waals surface area (Å²) >= 11 is 0. The van der Waals surface area contributed by atoms with Crippen molar-refractivity contribution in [3.05, 3.63) is 0 Å². The fourth-order valence-electron chi connectivity index (χ4n) is 1.41. The summed E-state index contributed by atoms with van der Waals surface area (Å²) in [7, 11) is 4.92. The van der Waals surface area contributed by atoms with Gasteiger partial charge < -0.3 is 20.7 Å². The van der Waals surface area contributed by atoms with E-state index in [0.29, 0.717) is 5.95 Å². The van der Waals surface area contributed by atoms with Crippen LogP contribution in [0.15, 0.2) is 0 Å². The van der Waals surface area contributed by atoms with Crippen LogP contribution in [-0.2, 0) is 9.53 Å². The molecule has 0 fully saturated rings. The first-order valence-corrected chi connectivity index (χ1v) is 5.88. The zero-order valence-corrected chi connectivity index (χ0v) is 11.8. The molecular weight excluding hydrogens is 248 g/mol. The van der Waals surface area contributed by atoms with E-state index in [1.165, 1.54) is 7.11 Å². The van der Waals surface area contributed by atoms with Crippen molar-refractivity contribution in [2.24, 2.45) is 5.92 Å². The van der Waals surface area contributed by atoms with Gasteiger partial charge in [-0.1, -0.05) is 13.8 Å². The molecular formula is C11H20N6O2. The van der Waals surface area contributed by atoms with Gasteiger partial charge in [0.25, 0.3) is 0 Å². The molecule has 1 rings (SSSR count). The van der Waals surface area contributed by atoms with E-state index in [1.54, 1.807) is 19.0 Å². The lowest BCUT2D eigenvalue weighted by Gasteiger charge is -2.20. The Morgan fingerprint density at radius 2 is 1.95 bits per heavy atom. The van der Waals surface area contributed by atoms with E-state index in [2.05, 4.69) is 20.3 Å². The van der Waals surface area contributed by atoms with E-state index >= 15 is 0 Å². The van der Waals surface area contributed by atoms with Crippen molar-refractivity contribution in [1.82, 2.24) is 15.0 Å². The van der Waals surface area contributed by atoms with Crippen molar-refractivity contribution < 1.29 is 9.53 Å². The lowest BCUT2D eigenvalue weighted by Crippen LogP contribution is -2.36. The summed E-state index contributed by atoms with van der Waals surface area (Å²) in [5.74, 6) is 0.407. The molecule has 1 aromatic rings. The summed E-state index contributed by atoms with van der Waals surface area (Å²) < 4.78 is 4.74. The molecule has 0 saturated heterocycles. The first-order valence-electron chi connectivity index (χ1n) is 5.88. The molecule has 0 aliphatic carbocycles. The number of nitrogens with zero attached hydrogens (tertiary/aromatic N) is 4. The number of rotatable bonds is 5. The van der Waals surface area contributed by atoms with Gasteiger partial charge in [0.05, 0.1) is 7.11 Å². The van der Waals surface area contributed by atoms with Crippen molar-refractivity contribution in [3.63, 3.8) is 0 Å². The van der Waals surface area contributed by atoms with Crippen molar-refractivity contribution in [1.29, 1.82) is 0 Å². The van der Waals surface area contributed by atoms with Gasteiger partial charge in [-0.3, -0.25) is 0 Å². The molecule has 0 amide bonds. The highest BCUT2D eigenvalue weighted by molar-refractivity contribution is 5.78. The maximum absolute atomic E-state index is 11.7. The second kappa shape index (κ2) is 6.17. The summed E-state index contributed by atoms with van der Waals surface area (Å²) in [6, 6.07) is -0.540. The molecule has 0 bridgehead atoms. The van der Waals surface area contributed by atoms with Gasteiger partial charge in [-0.25, -0.2) is 4.79 Å². The lowest BCUT2D eigenvalue weighted by molar-refractivity contribution is -0.142. The Balaban J connectivity index is 2.99. The van der Waals surface area contributed by atoms with Gasteiger partial charge >= 0.3 is 5.97 Å². The Hall–Kier alpha value is -2.12. The van der Waals surface area contributed by atoms with Crippen molar-refractivity contribution in [2.75, 3.05) is 37.2 Å². The zero-order chi connectivity index (χ0) is 14.6. The number of nitrogens with two attached hydrogens (primary N) is 1. The first-order chi connectivity index (χ1) is 8.85. The zero-order valence-electron chi connectivity index (χ0n) is 11.8. The van der Waals surface area contributed by atoms with E-state index in [1.807, 2.05) is 13.8 Å². The molecule has 19 heavy (non-hydrogen) atoms. The Kier molecular flexibility index (Phi) is 4.85. The third-order valence-electron chi connectivity index (χ3n) is 2.45. The maximum Gasteiger partial charge on any atom is 0.328 e. The van der Waals surface area contributed by atoms with Crippen LogP contribution >= 0.6 is 0 Å². The van der Waals surface area contributed by atoms with Crippen LogP contribution in [0.25, 0.3) is 0 Å². The summed E-state index contributed by atoms with van der Waals surface area (Å²) in [6.45, 7) is 3.79. The molecule has 1 aromatic heterocycles. The number of nitrogens with one attached hydrogen (secondary N) is 1. The topological polar surface area (TPSA) is 106 Å². The second-order valence-electron chi connectivity index (χ2n) is 4.60. The van der Waals surface area contributed by atoms with Crippen molar-refractivity contribution in [3.8, 4) is 0 Å². The maximum atomic E-state index is 11.7. The summed E-state index contributed by atoms with van der Waals surface area (Å²) in [5.41, 5.74) is 5.61. The Bertz CT molecular complexity index is 449. The molecule has 8 heteroatoms. The number of aromatic nitrogens is 3.